The quantitative estimate of drug-likeness (QED) is 0.425. The van der Waals surface area contributed by atoms with E-state index in [2.05, 4.69) is 9.97 Å². The standard InChI is InChI=1S/C22H16ClN3O3S/c1-14-4-6-15(7-5-14)8-9-17-19(23)20(27)26-12-18(30-22(26)25-17)21(28)29-13-16-3-2-10-24-11-16/h2-12H,13H2,1H3. The van der Waals surface area contributed by atoms with Gasteiger partial charge in [-0.25, -0.2) is 9.78 Å². The van der Waals surface area contributed by atoms with Crippen LogP contribution in [0.25, 0.3) is 17.1 Å². The van der Waals surface area contributed by atoms with E-state index in [0.717, 1.165) is 28.0 Å². The largest absolute Gasteiger partial charge is 0.457 e. The number of aromatic nitrogens is 3. The van der Waals surface area contributed by atoms with Crippen LogP contribution in [0, 0.1) is 6.92 Å². The second-order valence-corrected chi connectivity index (χ2v) is 7.93. The Morgan fingerprint density at radius 1 is 1.23 bits per heavy atom. The molecular formula is C22H16ClN3O3S. The lowest BCUT2D eigenvalue weighted by atomic mass is 10.1. The van der Waals surface area contributed by atoms with Crippen LogP contribution in [0.3, 0.4) is 0 Å². The zero-order valence-electron chi connectivity index (χ0n) is 15.9. The number of ether oxygens (including phenoxy) is 1. The maximum atomic E-state index is 12.6. The molecule has 3 heterocycles. The number of carbonyl (C=O) groups is 1. The van der Waals surface area contributed by atoms with Crippen LogP contribution in [0.15, 0.2) is 59.8 Å². The number of halogens is 1. The summed E-state index contributed by atoms with van der Waals surface area (Å²) < 4.78 is 6.56. The van der Waals surface area contributed by atoms with Crippen molar-refractivity contribution in [3.05, 3.63) is 97.6 Å². The van der Waals surface area contributed by atoms with E-state index in [1.807, 2.05) is 43.3 Å². The first-order valence-corrected chi connectivity index (χ1v) is 10.2. The summed E-state index contributed by atoms with van der Waals surface area (Å²) in [6, 6.07) is 11.5. The zero-order chi connectivity index (χ0) is 21.1. The molecule has 4 rings (SSSR count). The van der Waals surface area contributed by atoms with E-state index >= 15 is 0 Å². The molecule has 0 atom stereocenters. The third-order valence-electron chi connectivity index (χ3n) is 4.31. The Morgan fingerprint density at radius 3 is 2.77 bits per heavy atom. The molecule has 8 heteroatoms. The van der Waals surface area contributed by atoms with Gasteiger partial charge in [-0.15, -0.1) is 0 Å². The predicted octanol–water partition coefficient (Wildman–Crippen LogP) is 4.64. The van der Waals surface area contributed by atoms with Gasteiger partial charge in [0.05, 0.1) is 5.69 Å². The second-order valence-electron chi connectivity index (χ2n) is 6.55. The number of hydrogen-bond donors (Lipinski definition) is 0. The van der Waals surface area contributed by atoms with E-state index in [0.29, 0.717) is 10.7 Å². The molecule has 4 aromatic rings. The van der Waals surface area contributed by atoms with Gasteiger partial charge in [0.2, 0.25) is 0 Å². The number of nitrogens with zero attached hydrogens (tertiary/aromatic N) is 3. The fourth-order valence-corrected chi connectivity index (χ4v) is 3.77. The number of esters is 1. The Kier molecular flexibility index (Phi) is 5.74. The maximum Gasteiger partial charge on any atom is 0.350 e. The summed E-state index contributed by atoms with van der Waals surface area (Å²) >= 11 is 7.30. The zero-order valence-corrected chi connectivity index (χ0v) is 17.5. The monoisotopic (exact) mass is 437 g/mol. The third-order valence-corrected chi connectivity index (χ3v) is 5.62. The Morgan fingerprint density at radius 2 is 2.03 bits per heavy atom. The van der Waals surface area contributed by atoms with Crippen molar-refractivity contribution in [2.45, 2.75) is 13.5 Å². The van der Waals surface area contributed by atoms with Gasteiger partial charge in [0.25, 0.3) is 5.56 Å². The van der Waals surface area contributed by atoms with Gasteiger partial charge >= 0.3 is 5.97 Å². The summed E-state index contributed by atoms with van der Waals surface area (Å²) in [5.41, 5.74) is 2.80. The van der Waals surface area contributed by atoms with E-state index in [-0.39, 0.29) is 16.5 Å². The summed E-state index contributed by atoms with van der Waals surface area (Å²) in [4.78, 5) is 34.0. The molecule has 0 aliphatic rings. The average Bonchev–Trinajstić information content (AvgIpc) is 3.20. The van der Waals surface area contributed by atoms with Crippen molar-refractivity contribution in [2.24, 2.45) is 0 Å². The van der Waals surface area contributed by atoms with E-state index in [9.17, 15) is 9.59 Å². The molecule has 0 N–H and O–H groups in total. The molecule has 0 unspecified atom stereocenters. The van der Waals surface area contributed by atoms with Crippen molar-refractivity contribution in [1.82, 2.24) is 14.4 Å². The minimum Gasteiger partial charge on any atom is -0.457 e. The molecule has 0 aliphatic carbocycles. The number of carbonyl (C=O) groups excluding carboxylic acids is 1. The van der Waals surface area contributed by atoms with Crippen molar-refractivity contribution in [3.8, 4) is 0 Å². The van der Waals surface area contributed by atoms with Crippen LogP contribution in [-0.2, 0) is 11.3 Å². The number of fused-ring (bicyclic) bond motifs is 1. The summed E-state index contributed by atoms with van der Waals surface area (Å²) in [6.07, 6.45) is 8.19. The van der Waals surface area contributed by atoms with Gasteiger partial charge in [0.15, 0.2) is 4.96 Å². The van der Waals surface area contributed by atoms with E-state index in [4.69, 9.17) is 16.3 Å². The molecule has 0 saturated carbocycles. The van der Waals surface area contributed by atoms with Crippen molar-refractivity contribution >= 4 is 46.0 Å². The highest BCUT2D eigenvalue weighted by atomic mass is 35.5. The van der Waals surface area contributed by atoms with Crippen LogP contribution in [0.1, 0.15) is 32.1 Å². The van der Waals surface area contributed by atoms with Crippen molar-refractivity contribution in [2.75, 3.05) is 0 Å². The van der Waals surface area contributed by atoms with E-state index in [1.54, 1.807) is 24.5 Å². The van der Waals surface area contributed by atoms with E-state index < -0.39 is 11.5 Å². The van der Waals surface area contributed by atoms with Gasteiger partial charge in [0.1, 0.15) is 16.5 Å². The summed E-state index contributed by atoms with van der Waals surface area (Å²) in [6.45, 7) is 2.10. The molecule has 6 nitrogen and oxygen atoms in total. The Labute approximate surface area is 181 Å². The van der Waals surface area contributed by atoms with Crippen LogP contribution in [0.4, 0.5) is 0 Å². The molecule has 0 fully saturated rings. The first kappa shape index (κ1) is 20.0. The number of hydrogen-bond acceptors (Lipinski definition) is 6. The lowest BCUT2D eigenvalue weighted by molar-refractivity contribution is 0.0478. The van der Waals surface area contributed by atoms with Crippen molar-refractivity contribution in [1.29, 1.82) is 0 Å². The van der Waals surface area contributed by atoms with Gasteiger partial charge in [-0.05, 0) is 24.6 Å². The molecule has 1 aromatic carbocycles. The number of pyridine rings is 1. The van der Waals surface area contributed by atoms with Gasteiger partial charge < -0.3 is 4.74 Å². The van der Waals surface area contributed by atoms with E-state index in [1.165, 1.54) is 10.6 Å². The normalized spacial score (nSPS) is 11.3. The predicted molar refractivity (Wildman–Crippen MR) is 118 cm³/mol. The Bertz CT molecular complexity index is 1300. The van der Waals surface area contributed by atoms with Gasteiger partial charge in [-0.2, -0.15) is 0 Å². The lowest BCUT2D eigenvalue weighted by Gasteiger charge is -2.01. The third kappa shape index (κ3) is 4.32. The number of thiazole rings is 1. The molecule has 150 valence electrons. The fourth-order valence-electron chi connectivity index (χ4n) is 2.70. The highest BCUT2D eigenvalue weighted by Crippen LogP contribution is 2.21. The van der Waals surface area contributed by atoms with Gasteiger partial charge in [0, 0.05) is 24.2 Å². The second kappa shape index (κ2) is 8.61. The number of rotatable bonds is 5. The molecular weight excluding hydrogens is 422 g/mol. The van der Waals surface area contributed by atoms with Crippen LogP contribution in [0.2, 0.25) is 5.02 Å². The highest BCUT2D eigenvalue weighted by Gasteiger charge is 2.17. The first-order valence-electron chi connectivity index (χ1n) is 9.04. The molecule has 0 spiro atoms. The SMILES string of the molecule is Cc1ccc(C=Cc2nc3sc(C(=O)OCc4cccnc4)cn3c(=O)c2Cl)cc1. The first-order chi connectivity index (χ1) is 14.5. The molecule has 0 amide bonds. The molecule has 30 heavy (non-hydrogen) atoms. The number of aryl methyl sites for hydroxylation is 1. The van der Waals surface area contributed by atoms with Crippen LogP contribution in [0.5, 0.6) is 0 Å². The minimum atomic E-state index is -0.540. The topological polar surface area (TPSA) is 73.6 Å². The maximum absolute atomic E-state index is 12.6. The minimum absolute atomic E-state index is 0.0102. The van der Waals surface area contributed by atoms with Crippen LogP contribution in [-0.4, -0.2) is 20.3 Å². The van der Waals surface area contributed by atoms with Crippen LogP contribution >= 0.6 is 22.9 Å². The summed E-state index contributed by atoms with van der Waals surface area (Å²) in [5, 5.41) is -0.0102. The van der Waals surface area contributed by atoms with Crippen LogP contribution < -0.4 is 5.56 Å². The Balaban J connectivity index is 1.59. The van der Waals surface area contributed by atoms with Gasteiger partial charge in [-0.1, -0.05) is 64.9 Å². The summed E-state index contributed by atoms with van der Waals surface area (Å²) in [7, 11) is 0. The number of benzene rings is 1. The molecule has 0 radical (unpaired) electrons. The lowest BCUT2D eigenvalue weighted by Crippen LogP contribution is -2.14. The Hall–Kier alpha value is -3.29. The molecule has 0 bridgehead atoms. The fraction of sp³-hybridized carbons (Fsp3) is 0.0909. The van der Waals surface area contributed by atoms with Crippen molar-refractivity contribution < 1.29 is 9.53 Å². The molecule has 3 aromatic heterocycles. The van der Waals surface area contributed by atoms with Gasteiger partial charge in [-0.3, -0.25) is 14.2 Å². The summed E-state index contributed by atoms with van der Waals surface area (Å²) in [5.74, 6) is -0.540. The van der Waals surface area contributed by atoms with Crippen molar-refractivity contribution in [3.63, 3.8) is 0 Å². The smallest absolute Gasteiger partial charge is 0.350 e. The molecule has 0 saturated heterocycles. The average molecular weight is 438 g/mol. The highest BCUT2D eigenvalue weighted by molar-refractivity contribution is 7.18. The molecule has 0 aliphatic heterocycles.